The fraction of sp³-hybridized carbons (Fsp3) is 0.312. The van der Waals surface area contributed by atoms with Gasteiger partial charge in [-0.05, 0) is 13.8 Å². The first-order chi connectivity index (χ1) is 13.1. The number of rotatable bonds is 6. The molecule has 0 amide bonds. The number of carbonyl (C=O) groups is 1. The van der Waals surface area contributed by atoms with Gasteiger partial charge in [0.25, 0.3) is 0 Å². The van der Waals surface area contributed by atoms with Gasteiger partial charge in [-0.1, -0.05) is 0 Å². The summed E-state index contributed by atoms with van der Waals surface area (Å²) >= 11 is 0. The highest BCUT2D eigenvalue weighted by Gasteiger charge is 2.17. The molecule has 0 radical (unpaired) electrons. The molecule has 2 heterocycles. The number of aliphatic hydroxyl groups excluding tert-OH is 2. The van der Waals surface area contributed by atoms with Gasteiger partial charge in [0.15, 0.2) is 6.29 Å². The molecule has 0 saturated carbocycles. The molecular formula is C16H21N2O9P. The van der Waals surface area contributed by atoms with E-state index in [1.165, 1.54) is 12.4 Å². The van der Waals surface area contributed by atoms with E-state index in [1.807, 2.05) is 0 Å². The van der Waals surface area contributed by atoms with Gasteiger partial charge in [-0.15, -0.1) is 0 Å². The third-order valence-corrected chi connectivity index (χ3v) is 4.09. The van der Waals surface area contributed by atoms with Crippen LogP contribution >= 0.6 is 7.82 Å². The molecular weight excluding hydrogens is 395 g/mol. The van der Waals surface area contributed by atoms with Crippen molar-refractivity contribution in [2.45, 2.75) is 33.7 Å². The van der Waals surface area contributed by atoms with E-state index < -0.39 is 21.0 Å². The number of phosphoric acid groups is 1. The van der Waals surface area contributed by atoms with E-state index in [2.05, 4.69) is 14.5 Å². The van der Waals surface area contributed by atoms with Crippen LogP contribution in [0.4, 0.5) is 0 Å². The number of aryl methyl sites for hydroxylation is 2. The Morgan fingerprint density at radius 3 is 2.00 bits per heavy atom. The SMILES string of the molecule is Cc1ncc(CO)c(C=O)c1O.Cc1ncc(COP(=O)(O)O)c(CO)c1O. The number of aliphatic hydroxyl groups is 2. The van der Waals surface area contributed by atoms with Crippen LogP contribution in [0.25, 0.3) is 0 Å². The van der Waals surface area contributed by atoms with E-state index in [4.69, 9.17) is 20.0 Å². The van der Waals surface area contributed by atoms with E-state index in [1.54, 1.807) is 13.8 Å². The van der Waals surface area contributed by atoms with Crippen LogP contribution in [0.5, 0.6) is 11.5 Å². The van der Waals surface area contributed by atoms with Crippen LogP contribution in [0.1, 0.15) is 38.4 Å². The molecule has 2 aromatic heterocycles. The average molecular weight is 416 g/mol. The zero-order chi connectivity index (χ0) is 21.5. The van der Waals surface area contributed by atoms with Crippen LogP contribution in [0, 0.1) is 13.8 Å². The Balaban J connectivity index is 0.000000292. The molecule has 0 aliphatic heterocycles. The number of aromatic hydroxyl groups is 2. The minimum absolute atomic E-state index is 0.116. The number of phosphoric ester groups is 1. The summed E-state index contributed by atoms with van der Waals surface area (Å²) in [7, 11) is -4.58. The molecule has 0 aliphatic rings. The van der Waals surface area contributed by atoms with Gasteiger partial charge < -0.3 is 30.2 Å². The molecule has 0 saturated heterocycles. The summed E-state index contributed by atoms with van der Waals surface area (Å²) in [5.74, 6) is -0.356. The normalized spacial score (nSPS) is 10.9. The summed E-state index contributed by atoms with van der Waals surface area (Å²) in [5, 5.41) is 36.6. The van der Waals surface area contributed by atoms with Crippen LogP contribution < -0.4 is 0 Å². The molecule has 0 unspecified atom stereocenters. The minimum Gasteiger partial charge on any atom is -0.506 e. The summed E-state index contributed by atoms with van der Waals surface area (Å²) in [6.45, 7) is 1.94. The van der Waals surface area contributed by atoms with E-state index >= 15 is 0 Å². The number of nitrogens with zero attached hydrogens (tertiary/aromatic N) is 2. The monoisotopic (exact) mass is 416 g/mol. The van der Waals surface area contributed by atoms with Crippen molar-refractivity contribution in [3.8, 4) is 11.5 Å². The van der Waals surface area contributed by atoms with Crippen molar-refractivity contribution in [3.63, 3.8) is 0 Å². The highest BCUT2D eigenvalue weighted by Crippen LogP contribution is 2.38. The van der Waals surface area contributed by atoms with Crippen LogP contribution in [-0.4, -0.2) is 46.5 Å². The highest BCUT2D eigenvalue weighted by atomic mass is 31.2. The maximum Gasteiger partial charge on any atom is 0.469 e. The van der Waals surface area contributed by atoms with Crippen LogP contribution in [0.2, 0.25) is 0 Å². The average Bonchev–Trinajstić information content (AvgIpc) is 2.64. The summed E-state index contributed by atoms with van der Waals surface area (Å²) in [4.78, 5) is 35.1. The molecule has 0 atom stereocenters. The lowest BCUT2D eigenvalue weighted by molar-refractivity contribution is 0.111. The Morgan fingerprint density at radius 2 is 1.54 bits per heavy atom. The Kier molecular flexibility index (Phi) is 8.64. The maximum atomic E-state index is 10.5. The van der Waals surface area contributed by atoms with E-state index in [0.717, 1.165) is 0 Å². The lowest BCUT2D eigenvalue weighted by atomic mass is 10.1. The van der Waals surface area contributed by atoms with Gasteiger partial charge in [0.05, 0.1) is 36.8 Å². The molecule has 28 heavy (non-hydrogen) atoms. The first-order valence-corrected chi connectivity index (χ1v) is 9.29. The Hall–Kier alpha value is -2.40. The van der Waals surface area contributed by atoms with Crippen LogP contribution in [0.3, 0.4) is 0 Å². The Morgan fingerprint density at radius 1 is 1.00 bits per heavy atom. The molecule has 0 spiro atoms. The fourth-order valence-corrected chi connectivity index (χ4v) is 2.36. The summed E-state index contributed by atoms with van der Waals surface area (Å²) < 4.78 is 14.7. The van der Waals surface area contributed by atoms with Crippen molar-refractivity contribution in [1.82, 2.24) is 9.97 Å². The number of aromatic nitrogens is 2. The third-order valence-electron chi connectivity index (χ3n) is 3.62. The molecule has 0 fully saturated rings. The molecule has 0 aliphatic carbocycles. The molecule has 154 valence electrons. The van der Waals surface area contributed by atoms with Crippen LogP contribution in [0.15, 0.2) is 12.4 Å². The molecule has 2 rings (SSSR count). The Bertz CT molecular complexity index is 883. The molecule has 12 heteroatoms. The highest BCUT2D eigenvalue weighted by molar-refractivity contribution is 7.46. The predicted octanol–water partition coefficient (Wildman–Crippen LogP) is 0.598. The summed E-state index contributed by atoms with van der Waals surface area (Å²) in [5.41, 5.74) is 1.55. The summed E-state index contributed by atoms with van der Waals surface area (Å²) in [6.07, 6.45) is 3.17. The van der Waals surface area contributed by atoms with E-state index in [-0.39, 0.29) is 34.8 Å². The number of hydrogen-bond acceptors (Lipinski definition) is 9. The predicted molar refractivity (Wildman–Crippen MR) is 95.3 cm³/mol. The molecule has 6 N–H and O–H groups in total. The van der Waals surface area contributed by atoms with Gasteiger partial charge in [0.1, 0.15) is 11.5 Å². The van der Waals surface area contributed by atoms with E-state index in [9.17, 15) is 19.6 Å². The number of carbonyl (C=O) groups excluding carboxylic acids is 1. The maximum absolute atomic E-state index is 10.5. The summed E-state index contributed by atoms with van der Waals surface area (Å²) in [6, 6.07) is 0. The lowest BCUT2D eigenvalue weighted by Gasteiger charge is -2.11. The van der Waals surface area contributed by atoms with Crippen LogP contribution in [-0.2, 0) is 28.9 Å². The van der Waals surface area contributed by atoms with E-state index in [0.29, 0.717) is 23.2 Å². The quantitative estimate of drug-likeness (QED) is 0.285. The van der Waals surface area contributed by atoms with Gasteiger partial charge in [-0.3, -0.25) is 19.3 Å². The van der Waals surface area contributed by atoms with Crippen molar-refractivity contribution in [2.75, 3.05) is 0 Å². The van der Waals surface area contributed by atoms with Crippen molar-refractivity contribution in [3.05, 3.63) is 46.0 Å². The first-order valence-electron chi connectivity index (χ1n) is 7.76. The second kappa shape index (κ2) is 10.2. The van der Waals surface area contributed by atoms with Gasteiger partial charge in [-0.25, -0.2) is 4.57 Å². The molecule has 11 nitrogen and oxygen atoms in total. The van der Waals surface area contributed by atoms with Crippen molar-refractivity contribution < 1.29 is 44.1 Å². The number of hydrogen-bond donors (Lipinski definition) is 6. The third kappa shape index (κ3) is 6.34. The van der Waals surface area contributed by atoms with Gasteiger partial charge >= 0.3 is 7.82 Å². The standard InChI is InChI=1S/C8H12NO6P.C8H9NO3/c1-5-8(11)7(3-10)6(2-9-5)4-15-16(12,13)14;1-5-8(12)7(4-11)6(3-10)2-9-5/h2,10-11H,3-4H2,1H3,(H2,12,13,14);2,4,10,12H,3H2,1H3. The molecule has 0 aromatic carbocycles. The minimum atomic E-state index is -4.58. The smallest absolute Gasteiger partial charge is 0.469 e. The first kappa shape index (κ1) is 23.6. The second-order valence-corrected chi connectivity index (χ2v) is 6.76. The van der Waals surface area contributed by atoms with Gasteiger partial charge in [-0.2, -0.15) is 0 Å². The fourth-order valence-electron chi connectivity index (χ4n) is 2.05. The van der Waals surface area contributed by atoms with Gasteiger partial charge in [0, 0.05) is 29.1 Å². The zero-order valence-corrected chi connectivity index (χ0v) is 16.0. The van der Waals surface area contributed by atoms with Gasteiger partial charge in [0.2, 0.25) is 0 Å². The Labute approximate surface area is 160 Å². The number of pyridine rings is 2. The lowest BCUT2D eigenvalue weighted by Crippen LogP contribution is -2.00. The van der Waals surface area contributed by atoms with Crippen molar-refractivity contribution in [1.29, 1.82) is 0 Å². The topological polar surface area (TPSA) is 191 Å². The number of aldehydes is 1. The molecule has 2 aromatic rings. The molecule has 0 bridgehead atoms. The largest absolute Gasteiger partial charge is 0.506 e. The second-order valence-electron chi connectivity index (χ2n) is 5.53. The van der Waals surface area contributed by atoms with Crippen molar-refractivity contribution in [2.24, 2.45) is 0 Å². The van der Waals surface area contributed by atoms with Crippen molar-refractivity contribution >= 4 is 14.1 Å². The zero-order valence-electron chi connectivity index (χ0n) is 15.1.